The van der Waals surface area contributed by atoms with Crippen LogP contribution >= 0.6 is 11.6 Å². The number of para-hydroxylation sites is 1. The summed E-state index contributed by atoms with van der Waals surface area (Å²) in [7, 11) is -3.64. The van der Waals surface area contributed by atoms with E-state index in [-0.39, 0.29) is 10.0 Å². The molecule has 21 heavy (non-hydrogen) atoms. The zero-order chi connectivity index (χ0) is 15.3. The van der Waals surface area contributed by atoms with E-state index in [4.69, 9.17) is 11.6 Å². The van der Waals surface area contributed by atoms with E-state index in [0.717, 1.165) is 12.8 Å². The molecule has 0 aliphatic heterocycles. The quantitative estimate of drug-likeness (QED) is 0.761. The summed E-state index contributed by atoms with van der Waals surface area (Å²) in [6.07, 6.45) is 3.10. The average molecular weight is 325 g/mol. The van der Waals surface area contributed by atoms with Crippen LogP contribution in [-0.2, 0) is 10.0 Å². The molecule has 0 aliphatic carbocycles. The van der Waals surface area contributed by atoms with Gasteiger partial charge in [0.15, 0.2) is 0 Å². The van der Waals surface area contributed by atoms with Crippen molar-refractivity contribution in [3.63, 3.8) is 0 Å². The highest BCUT2D eigenvalue weighted by Gasteiger charge is 2.24. The van der Waals surface area contributed by atoms with Gasteiger partial charge < -0.3 is 0 Å². The minimum atomic E-state index is -3.64. The predicted octanol–water partition coefficient (Wildman–Crippen LogP) is 3.73. The Morgan fingerprint density at radius 1 is 1.19 bits per heavy atom. The number of rotatable bonds is 6. The fourth-order valence-corrected chi connectivity index (χ4v) is 3.71. The van der Waals surface area contributed by atoms with Crippen LogP contribution in [0.1, 0.15) is 19.8 Å². The number of hydrogen-bond donors (Lipinski definition) is 0. The first-order valence-electron chi connectivity index (χ1n) is 6.75. The van der Waals surface area contributed by atoms with Crippen molar-refractivity contribution in [2.45, 2.75) is 24.7 Å². The molecule has 0 saturated heterocycles. The minimum Gasteiger partial charge on any atom is -0.266 e. The van der Waals surface area contributed by atoms with Gasteiger partial charge in [0.1, 0.15) is 5.15 Å². The molecule has 2 aromatic rings. The van der Waals surface area contributed by atoms with E-state index in [1.54, 1.807) is 12.1 Å². The summed E-state index contributed by atoms with van der Waals surface area (Å²) >= 11 is 5.81. The molecule has 6 heteroatoms. The predicted molar refractivity (Wildman–Crippen MR) is 85.1 cm³/mol. The van der Waals surface area contributed by atoms with Gasteiger partial charge >= 0.3 is 0 Å². The molecule has 0 fully saturated rings. The maximum absolute atomic E-state index is 12.8. The van der Waals surface area contributed by atoms with Gasteiger partial charge in [-0.3, -0.25) is 4.31 Å². The molecule has 0 atom stereocenters. The Kier molecular flexibility index (Phi) is 5.20. The van der Waals surface area contributed by atoms with Crippen LogP contribution in [0, 0.1) is 0 Å². The van der Waals surface area contributed by atoms with E-state index in [2.05, 4.69) is 4.98 Å². The molecule has 0 radical (unpaired) electrons. The fraction of sp³-hybridized carbons (Fsp3) is 0.267. The van der Waals surface area contributed by atoms with Gasteiger partial charge in [-0.15, -0.1) is 0 Å². The summed E-state index contributed by atoms with van der Waals surface area (Å²) in [6.45, 7) is 2.46. The maximum atomic E-state index is 12.8. The molecule has 0 aliphatic rings. The van der Waals surface area contributed by atoms with Gasteiger partial charge in [0.05, 0.1) is 10.6 Å². The monoisotopic (exact) mass is 324 g/mol. The molecule has 0 bridgehead atoms. The standard InChI is InChI=1S/C15H17ClN2O2S/c1-2-3-11-18(13-7-5-4-6-8-13)21(19,20)14-9-10-17-15(16)12-14/h4-10,12H,2-3,11H2,1H3. The van der Waals surface area contributed by atoms with Gasteiger partial charge in [-0.2, -0.15) is 0 Å². The molecule has 0 saturated carbocycles. The normalized spacial score (nSPS) is 11.3. The summed E-state index contributed by atoms with van der Waals surface area (Å²) in [4.78, 5) is 3.99. The number of anilines is 1. The van der Waals surface area contributed by atoms with Gasteiger partial charge in [-0.05, 0) is 30.7 Å². The van der Waals surface area contributed by atoms with Crippen LogP contribution in [0.4, 0.5) is 5.69 Å². The molecule has 1 heterocycles. The van der Waals surface area contributed by atoms with Gasteiger partial charge in [0, 0.05) is 12.7 Å². The molecule has 112 valence electrons. The Hall–Kier alpha value is -1.59. The molecule has 4 nitrogen and oxygen atoms in total. The Morgan fingerprint density at radius 2 is 1.90 bits per heavy atom. The average Bonchev–Trinajstić information content (AvgIpc) is 2.48. The largest absolute Gasteiger partial charge is 0.266 e. The highest BCUT2D eigenvalue weighted by atomic mass is 35.5. The summed E-state index contributed by atoms with van der Waals surface area (Å²) in [5.74, 6) is 0. The van der Waals surface area contributed by atoms with Gasteiger partial charge in [-0.1, -0.05) is 43.1 Å². The minimum absolute atomic E-state index is 0.155. The topological polar surface area (TPSA) is 50.3 Å². The highest BCUT2D eigenvalue weighted by molar-refractivity contribution is 7.92. The van der Waals surface area contributed by atoms with E-state index < -0.39 is 10.0 Å². The van der Waals surface area contributed by atoms with Gasteiger partial charge in [0.2, 0.25) is 0 Å². The smallest absolute Gasteiger partial charge is 0.264 e. The van der Waals surface area contributed by atoms with Gasteiger partial charge in [-0.25, -0.2) is 13.4 Å². The number of unbranched alkanes of at least 4 members (excludes halogenated alkanes) is 1. The Labute approximate surface area is 130 Å². The fourth-order valence-electron chi connectivity index (χ4n) is 1.96. The first-order chi connectivity index (χ1) is 10.1. The highest BCUT2D eigenvalue weighted by Crippen LogP contribution is 2.24. The first-order valence-corrected chi connectivity index (χ1v) is 8.57. The van der Waals surface area contributed by atoms with Crippen molar-refractivity contribution in [1.82, 2.24) is 4.98 Å². The Balaban J connectivity index is 2.44. The number of nitrogens with zero attached hydrogens (tertiary/aromatic N) is 2. The van der Waals surface area contributed by atoms with Crippen LogP contribution in [0.25, 0.3) is 0 Å². The molecule has 0 spiro atoms. The molecular weight excluding hydrogens is 308 g/mol. The third-order valence-electron chi connectivity index (χ3n) is 3.04. The van der Waals surface area contributed by atoms with Crippen molar-refractivity contribution in [3.8, 4) is 0 Å². The molecule has 1 aromatic carbocycles. The summed E-state index contributed by atoms with van der Waals surface area (Å²) < 4.78 is 27.1. The number of aromatic nitrogens is 1. The summed E-state index contributed by atoms with van der Waals surface area (Å²) in [6, 6.07) is 11.9. The number of benzene rings is 1. The third kappa shape index (κ3) is 3.74. The van der Waals surface area contributed by atoms with E-state index in [9.17, 15) is 8.42 Å². The molecule has 0 N–H and O–H groups in total. The number of hydrogen-bond acceptors (Lipinski definition) is 3. The third-order valence-corrected chi connectivity index (χ3v) is 5.07. The first kappa shape index (κ1) is 15.8. The number of sulfonamides is 1. The summed E-state index contributed by atoms with van der Waals surface area (Å²) in [5.41, 5.74) is 0.652. The van der Waals surface area contributed by atoms with Crippen molar-refractivity contribution >= 4 is 27.3 Å². The van der Waals surface area contributed by atoms with Crippen molar-refractivity contribution in [2.75, 3.05) is 10.8 Å². The van der Waals surface area contributed by atoms with Crippen molar-refractivity contribution in [1.29, 1.82) is 0 Å². The second-order valence-corrected chi connectivity index (χ2v) is 6.83. The lowest BCUT2D eigenvalue weighted by Crippen LogP contribution is -2.32. The number of pyridine rings is 1. The molecule has 0 amide bonds. The van der Waals surface area contributed by atoms with Crippen molar-refractivity contribution in [3.05, 3.63) is 53.8 Å². The van der Waals surface area contributed by atoms with E-state index in [1.807, 2.05) is 25.1 Å². The van der Waals surface area contributed by atoms with E-state index in [0.29, 0.717) is 12.2 Å². The molecular formula is C15H17ClN2O2S. The lowest BCUT2D eigenvalue weighted by atomic mass is 10.3. The lowest BCUT2D eigenvalue weighted by Gasteiger charge is -2.24. The maximum Gasteiger partial charge on any atom is 0.264 e. The van der Waals surface area contributed by atoms with Crippen LogP contribution in [0.5, 0.6) is 0 Å². The van der Waals surface area contributed by atoms with Crippen LogP contribution < -0.4 is 4.31 Å². The lowest BCUT2D eigenvalue weighted by molar-refractivity contribution is 0.588. The van der Waals surface area contributed by atoms with Crippen molar-refractivity contribution in [2.24, 2.45) is 0 Å². The van der Waals surface area contributed by atoms with E-state index in [1.165, 1.54) is 22.6 Å². The summed E-state index contributed by atoms with van der Waals surface area (Å²) in [5, 5.41) is 0.166. The SMILES string of the molecule is CCCCN(c1ccccc1)S(=O)(=O)c1ccnc(Cl)c1. The van der Waals surface area contributed by atoms with Gasteiger partial charge in [0.25, 0.3) is 10.0 Å². The van der Waals surface area contributed by atoms with Crippen molar-refractivity contribution < 1.29 is 8.42 Å². The molecule has 1 aromatic heterocycles. The molecule has 2 rings (SSSR count). The van der Waals surface area contributed by atoms with Crippen LogP contribution in [0.2, 0.25) is 5.15 Å². The molecule has 0 unspecified atom stereocenters. The number of halogens is 1. The van der Waals surface area contributed by atoms with Crippen LogP contribution in [0.15, 0.2) is 53.6 Å². The second kappa shape index (κ2) is 6.91. The van der Waals surface area contributed by atoms with Crippen LogP contribution in [-0.4, -0.2) is 19.9 Å². The van der Waals surface area contributed by atoms with Crippen LogP contribution in [0.3, 0.4) is 0 Å². The van der Waals surface area contributed by atoms with E-state index >= 15 is 0 Å². The second-order valence-electron chi connectivity index (χ2n) is 4.58. The zero-order valence-corrected chi connectivity index (χ0v) is 13.3. The Morgan fingerprint density at radius 3 is 2.52 bits per heavy atom. The Bertz CT molecular complexity index is 690. The zero-order valence-electron chi connectivity index (χ0n) is 11.7.